The molecule has 5 N–H and O–H groups in total. The number of nitrogens with one attached hydrogen (secondary N) is 1. The summed E-state index contributed by atoms with van der Waals surface area (Å²) in [5, 5.41) is 25.4. The van der Waals surface area contributed by atoms with Crippen LogP contribution in [0.1, 0.15) is 32.7 Å². The summed E-state index contributed by atoms with van der Waals surface area (Å²) in [6, 6.07) is 8.57. The summed E-state index contributed by atoms with van der Waals surface area (Å²) in [7, 11) is 4.56. The maximum absolute atomic E-state index is 13.9. The molecule has 0 heterocycles. The number of aromatic hydroxyl groups is 1. The second-order valence-electron chi connectivity index (χ2n) is 11.4. The first-order valence-electron chi connectivity index (χ1n) is 13.5. The van der Waals surface area contributed by atoms with Crippen LogP contribution in [-0.2, 0) is 30.4 Å². The van der Waals surface area contributed by atoms with Crippen molar-refractivity contribution in [3.05, 3.63) is 53.1 Å². The van der Waals surface area contributed by atoms with Gasteiger partial charge in [0, 0.05) is 5.92 Å². The van der Waals surface area contributed by atoms with Crippen LogP contribution >= 0.6 is 15.9 Å². The number of alkyl halides is 1. The van der Waals surface area contributed by atoms with Gasteiger partial charge < -0.3 is 26.0 Å². The zero-order chi connectivity index (χ0) is 31.5. The van der Waals surface area contributed by atoms with E-state index in [0.29, 0.717) is 16.9 Å². The number of hydrogen-bond acceptors (Lipinski definition) is 10. The first kappa shape index (κ1) is 30.5. The number of Topliss-reactive ketones (excluding diaryl/α,β-unsaturated/α-hetero) is 4. The van der Waals surface area contributed by atoms with E-state index in [4.69, 9.17) is 10.5 Å². The van der Waals surface area contributed by atoms with Gasteiger partial charge in [-0.2, -0.15) is 0 Å². The second kappa shape index (κ2) is 11.0. The maximum atomic E-state index is 13.9. The molecule has 3 aliphatic rings. The van der Waals surface area contributed by atoms with Gasteiger partial charge in [0.05, 0.1) is 30.3 Å². The number of rotatable bonds is 6. The number of ether oxygens (including phenoxy) is 1. The molecule has 226 valence electrons. The molecule has 12 nitrogen and oxygen atoms in total. The largest absolute Gasteiger partial charge is 0.505 e. The fourth-order valence-corrected chi connectivity index (χ4v) is 7.22. The van der Waals surface area contributed by atoms with E-state index in [1.807, 2.05) is 0 Å². The lowest BCUT2D eigenvalue weighted by Crippen LogP contribution is -2.74. The minimum atomic E-state index is -2.81. The number of anilines is 1. The predicted molar refractivity (Wildman–Crippen MR) is 155 cm³/mol. The summed E-state index contributed by atoms with van der Waals surface area (Å²) in [5.41, 5.74) is 3.27. The third-order valence-corrected chi connectivity index (χ3v) is 9.77. The van der Waals surface area contributed by atoms with Gasteiger partial charge in [0.15, 0.2) is 34.7 Å². The minimum absolute atomic E-state index is 0.0454. The molecule has 0 saturated heterocycles. The van der Waals surface area contributed by atoms with Crippen LogP contribution in [0.15, 0.2) is 36.4 Å². The number of primary amides is 1. The van der Waals surface area contributed by atoms with Gasteiger partial charge in [0.25, 0.3) is 0 Å². The van der Waals surface area contributed by atoms with E-state index in [-0.39, 0.29) is 24.1 Å². The first-order valence-corrected chi connectivity index (χ1v) is 14.4. The van der Waals surface area contributed by atoms with Gasteiger partial charge >= 0.3 is 0 Å². The molecule has 2 aromatic carbocycles. The van der Waals surface area contributed by atoms with Crippen molar-refractivity contribution < 1.29 is 43.7 Å². The molecular weight excluding hydrogens is 626 g/mol. The Balaban J connectivity index is 1.48. The maximum Gasteiger partial charge on any atom is 0.242 e. The van der Waals surface area contributed by atoms with Crippen molar-refractivity contribution in [3.63, 3.8) is 0 Å². The van der Waals surface area contributed by atoms with Crippen molar-refractivity contribution in [1.82, 2.24) is 4.90 Å². The molecule has 7 atom stereocenters. The van der Waals surface area contributed by atoms with Crippen molar-refractivity contribution in [2.45, 2.75) is 29.3 Å². The van der Waals surface area contributed by atoms with E-state index in [0.717, 1.165) is 0 Å². The van der Waals surface area contributed by atoms with E-state index in [1.165, 1.54) is 32.2 Å². The number of aliphatic hydroxyl groups is 1. The van der Waals surface area contributed by atoms with E-state index in [9.17, 15) is 39.0 Å². The van der Waals surface area contributed by atoms with E-state index >= 15 is 0 Å². The number of likely N-dealkylation sites (N-methyl/N-ethyl adjacent to an activating group) is 1. The Morgan fingerprint density at radius 3 is 2.33 bits per heavy atom. The predicted octanol–water partition coefficient (Wildman–Crippen LogP) is 0.950. The fourth-order valence-electron chi connectivity index (χ4n) is 6.80. The van der Waals surface area contributed by atoms with Gasteiger partial charge in [-0.1, -0.05) is 34.1 Å². The van der Waals surface area contributed by atoms with Crippen molar-refractivity contribution in [1.29, 1.82) is 0 Å². The molecule has 0 aromatic heterocycles. The van der Waals surface area contributed by atoms with Crippen LogP contribution in [0.3, 0.4) is 0 Å². The molecule has 5 unspecified atom stereocenters. The minimum Gasteiger partial charge on any atom is -0.505 e. The lowest BCUT2D eigenvalue weighted by Gasteiger charge is -2.52. The summed E-state index contributed by atoms with van der Waals surface area (Å²) < 4.78 is 5.13. The standard InChI is InChI=1S/C30H30BrN3O9/c1-34(2)22-16-11-14-10-13-6-9-17(33-29(41)21(31)12-4-7-15(43-3)8-5-12)23(35)18(13)24(36)19(14)26(38)30(16,42)27(39)20(25(22)37)28(32)40/h4-9,14,16,19-22,35,42H,10-11H2,1-3H3,(H2,32,40)(H,33,41)/t14?,16?,19?,20?,21?,22-,30-/m0/s1. The number of carbonyl (C=O) groups excluding carboxylic acids is 6. The Morgan fingerprint density at radius 1 is 1.09 bits per heavy atom. The summed E-state index contributed by atoms with van der Waals surface area (Å²) in [4.78, 5) is 80.0. The number of nitrogens with zero attached hydrogens (tertiary/aromatic N) is 1. The monoisotopic (exact) mass is 655 g/mol. The van der Waals surface area contributed by atoms with Gasteiger partial charge in [-0.15, -0.1) is 0 Å². The van der Waals surface area contributed by atoms with Gasteiger partial charge in [0.2, 0.25) is 11.8 Å². The Bertz CT molecular complexity index is 1570. The number of phenols is 1. The number of carbonyl (C=O) groups is 6. The average molecular weight is 656 g/mol. The molecule has 13 heteroatoms. The van der Waals surface area contributed by atoms with E-state index in [1.54, 1.807) is 30.3 Å². The molecule has 5 rings (SSSR count). The number of phenolic OH excluding ortho intramolecular Hbond substituents is 1. The molecule has 0 aliphatic heterocycles. The topological polar surface area (TPSA) is 193 Å². The highest BCUT2D eigenvalue weighted by molar-refractivity contribution is 9.09. The van der Waals surface area contributed by atoms with Gasteiger partial charge in [-0.3, -0.25) is 33.7 Å². The molecule has 2 fully saturated rings. The number of benzene rings is 2. The van der Waals surface area contributed by atoms with Crippen molar-refractivity contribution in [2.24, 2.45) is 29.4 Å². The molecule has 2 aromatic rings. The average Bonchev–Trinajstić information content (AvgIpc) is 2.95. The van der Waals surface area contributed by atoms with Crippen LogP contribution in [-0.4, -0.2) is 82.9 Å². The third-order valence-electron chi connectivity index (χ3n) is 8.83. The molecule has 3 aliphatic carbocycles. The van der Waals surface area contributed by atoms with Crippen molar-refractivity contribution in [2.75, 3.05) is 26.5 Å². The quantitative estimate of drug-likeness (QED) is 0.198. The fraction of sp³-hybridized carbons (Fsp3) is 0.400. The van der Waals surface area contributed by atoms with Crippen LogP contribution in [0.4, 0.5) is 5.69 Å². The lowest BCUT2D eigenvalue weighted by atomic mass is 9.52. The Labute approximate surface area is 254 Å². The van der Waals surface area contributed by atoms with Crippen LogP contribution < -0.4 is 15.8 Å². The second-order valence-corrected chi connectivity index (χ2v) is 12.3. The van der Waals surface area contributed by atoms with Gasteiger partial charge in [-0.25, -0.2) is 0 Å². The van der Waals surface area contributed by atoms with E-state index in [2.05, 4.69) is 21.2 Å². The number of fused-ring (bicyclic) bond motifs is 3. The van der Waals surface area contributed by atoms with Crippen molar-refractivity contribution >= 4 is 56.6 Å². The summed E-state index contributed by atoms with van der Waals surface area (Å²) in [6.07, 6.45) is 0.0802. The lowest BCUT2D eigenvalue weighted by molar-refractivity contribution is -0.181. The highest BCUT2D eigenvalue weighted by Crippen LogP contribution is 2.51. The molecule has 2 amide bonds. The smallest absolute Gasteiger partial charge is 0.242 e. The number of nitrogens with two attached hydrogens (primary N) is 1. The van der Waals surface area contributed by atoms with Crippen LogP contribution in [0, 0.1) is 23.7 Å². The molecule has 0 radical (unpaired) electrons. The van der Waals surface area contributed by atoms with Crippen LogP contribution in [0.25, 0.3) is 0 Å². The summed E-state index contributed by atoms with van der Waals surface area (Å²) >= 11 is 3.33. The molecule has 0 spiro atoms. The van der Waals surface area contributed by atoms with Gasteiger partial charge in [-0.05, 0) is 62.2 Å². The number of ketones is 4. The third kappa shape index (κ3) is 4.66. The normalized spacial score (nSPS) is 28.9. The van der Waals surface area contributed by atoms with Crippen LogP contribution in [0.5, 0.6) is 11.5 Å². The zero-order valence-electron chi connectivity index (χ0n) is 23.5. The highest BCUT2D eigenvalue weighted by atomic mass is 79.9. The molecular formula is C30H30BrN3O9. The molecule has 2 saturated carbocycles. The van der Waals surface area contributed by atoms with Crippen LogP contribution in [0.2, 0.25) is 0 Å². The molecule has 0 bridgehead atoms. The number of hydrogen-bond donors (Lipinski definition) is 4. The van der Waals surface area contributed by atoms with Gasteiger partial charge in [0.1, 0.15) is 16.3 Å². The number of amides is 2. The highest BCUT2D eigenvalue weighted by Gasteiger charge is 2.69. The Kier molecular flexibility index (Phi) is 7.78. The van der Waals surface area contributed by atoms with E-state index < -0.39 is 80.8 Å². The number of halogens is 1. The summed E-state index contributed by atoms with van der Waals surface area (Å²) in [6.45, 7) is 0. The Hall–Kier alpha value is -3.94. The zero-order valence-corrected chi connectivity index (χ0v) is 25.1. The Morgan fingerprint density at radius 2 is 1.74 bits per heavy atom. The first-order chi connectivity index (χ1) is 20.2. The molecule has 43 heavy (non-hydrogen) atoms. The number of methoxy groups -OCH3 is 1. The SMILES string of the molecule is COc1ccc(C(Br)C(=O)Nc2ccc3c(c2O)C(=O)C2C(=O)[C@]4(O)C(=O)C(C(N)=O)C(=O)[C@@H](N(C)C)C4CC2C3)cc1. The van der Waals surface area contributed by atoms with Crippen molar-refractivity contribution in [3.8, 4) is 11.5 Å². The summed E-state index contributed by atoms with van der Waals surface area (Å²) in [5.74, 6) is -11.3.